The van der Waals surface area contributed by atoms with Gasteiger partial charge in [0.25, 0.3) is 5.56 Å². The van der Waals surface area contributed by atoms with Crippen LogP contribution in [0.4, 0.5) is 0 Å². The van der Waals surface area contributed by atoms with Gasteiger partial charge in [0.1, 0.15) is 17.1 Å². The van der Waals surface area contributed by atoms with Crippen LogP contribution in [0.1, 0.15) is 35.1 Å². The third-order valence-electron chi connectivity index (χ3n) is 5.12. The fraction of sp³-hybridized carbons (Fsp3) is 0.250. The summed E-state index contributed by atoms with van der Waals surface area (Å²) in [4.78, 5) is 30.0. The Kier molecular flexibility index (Phi) is 3.51. The molecule has 1 fully saturated rings. The molecule has 0 unspecified atom stereocenters. The van der Waals surface area contributed by atoms with Crippen molar-refractivity contribution in [2.45, 2.75) is 18.9 Å². The smallest absolute Gasteiger partial charge is 0.345 e. The predicted molar refractivity (Wildman–Crippen MR) is 98.8 cm³/mol. The summed E-state index contributed by atoms with van der Waals surface area (Å²) >= 11 is 0. The number of hydrogen-bond acceptors (Lipinski definition) is 6. The molecule has 1 saturated heterocycles. The minimum Gasteiger partial charge on any atom is -0.497 e. The third-order valence-corrected chi connectivity index (χ3v) is 5.12. The van der Waals surface area contributed by atoms with Crippen LogP contribution in [0.5, 0.6) is 11.5 Å². The number of hydrogen-bond donors (Lipinski definition) is 1. The van der Waals surface area contributed by atoms with E-state index >= 15 is 0 Å². The number of methoxy groups -OCH3 is 1. The molecular formula is C20H17N3O4. The Morgan fingerprint density at radius 3 is 2.89 bits per heavy atom. The van der Waals surface area contributed by atoms with Crippen LogP contribution in [0.2, 0.25) is 0 Å². The molecule has 7 nitrogen and oxygen atoms in total. The summed E-state index contributed by atoms with van der Waals surface area (Å²) in [6.07, 6.45) is 1.88. The molecule has 0 amide bonds. The number of benzene rings is 2. The first-order valence-corrected chi connectivity index (χ1v) is 8.87. The number of carbonyl (C=O) groups excluding carboxylic acids is 1. The van der Waals surface area contributed by atoms with Gasteiger partial charge in [-0.25, -0.2) is 4.79 Å². The molecule has 2 aliphatic rings. The van der Waals surface area contributed by atoms with Crippen molar-refractivity contribution in [3.05, 3.63) is 58.1 Å². The Labute approximate surface area is 154 Å². The van der Waals surface area contributed by atoms with Crippen molar-refractivity contribution >= 4 is 16.9 Å². The van der Waals surface area contributed by atoms with E-state index in [4.69, 9.17) is 9.47 Å². The molecule has 0 bridgehead atoms. The SMILES string of the molecule is COc1cc2c3c(c1)c(=O)nc([C@@H]1CCCN1)n3-c1ccccc1C(=O)O2. The molecule has 7 heteroatoms. The van der Waals surface area contributed by atoms with Crippen molar-refractivity contribution < 1.29 is 14.3 Å². The molecule has 2 aliphatic heterocycles. The second-order valence-electron chi connectivity index (χ2n) is 6.69. The van der Waals surface area contributed by atoms with Gasteiger partial charge in [0, 0.05) is 6.07 Å². The van der Waals surface area contributed by atoms with E-state index in [1.807, 2.05) is 16.7 Å². The van der Waals surface area contributed by atoms with Gasteiger partial charge in [-0.05, 0) is 37.6 Å². The molecule has 1 N–H and O–H groups in total. The van der Waals surface area contributed by atoms with Gasteiger partial charge < -0.3 is 14.8 Å². The molecule has 2 aromatic carbocycles. The monoisotopic (exact) mass is 363 g/mol. The molecule has 3 aromatic rings. The van der Waals surface area contributed by atoms with Crippen molar-refractivity contribution in [2.24, 2.45) is 0 Å². The van der Waals surface area contributed by atoms with Gasteiger partial charge in [0.2, 0.25) is 0 Å². The maximum Gasteiger partial charge on any atom is 0.345 e. The maximum atomic E-state index is 12.8. The second kappa shape index (κ2) is 5.92. The van der Waals surface area contributed by atoms with Crippen LogP contribution in [0.25, 0.3) is 16.6 Å². The standard InChI is InChI=1S/C20H17N3O4/c1-26-11-9-13-17-16(10-11)27-20(25)12-5-2-3-7-15(12)23(17)18(22-19(13)24)14-6-4-8-21-14/h2-3,5,7,9-10,14,21H,4,6,8H2,1H3/t14-/m0/s1. The number of para-hydroxylation sites is 1. The molecule has 0 aliphatic carbocycles. The molecule has 0 spiro atoms. The summed E-state index contributed by atoms with van der Waals surface area (Å²) in [5.74, 6) is 0.863. The molecule has 27 heavy (non-hydrogen) atoms. The van der Waals surface area contributed by atoms with E-state index in [1.165, 1.54) is 7.11 Å². The van der Waals surface area contributed by atoms with E-state index in [9.17, 15) is 9.59 Å². The number of rotatable bonds is 2. The highest BCUT2D eigenvalue weighted by molar-refractivity contribution is 6.00. The normalized spacial score (nSPS) is 18.1. The number of ether oxygens (including phenoxy) is 2. The highest BCUT2D eigenvalue weighted by Gasteiger charge is 2.30. The lowest BCUT2D eigenvalue weighted by atomic mass is 10.1. The van der Waals surface area contributed by atoms with E-state index in [0.29, 0.717) is 39.5 Å². The van der Waals surface area contributed by atoms with Crippen LogP contribution in [0, 0.1) is 0 Å². The van der Waals surface area contributed by atoms with Crippen molar-refractivity contribution in [3.8, 4) is 17.2 Å². The summed E-state index contributed by atoms with van der Waals surface area (Å²) in [6, 6.07) is 10.4. The van der Waals surface area contributed by atoms with Crippen molar-refractivity contribution in [3.63, 3.8) is 0 Å². The fourth-order valence-electron chi connectivity index (χ4n) is 3.88. The fourth-order valence-corrected chi connectivity index (χ4v) is 3.88. The van der Waals surface area contributed by atoms with Crippen molar-refractivity contribution in [1.82, 2.24) is 14.9 Å². The molecular weight excluding hydrogens is 346 g/mol. The van der Waals surface area contributed by atoms with Gasteiger partial charge in [-0.15, -0.1) is 0 Å². The summed E-state index contributed by atoms with van der Waals surface area (Å²) in [5, 5.41) is 3.75. The first-order chi connectivity index (χ1) is 13.2. The highest BCUT2D eigenvalue weighted by atomic mass is 16.5. The Balaban J connectivity index is 1.96. The largest absolute Gasteiger partial charge is 0.497 e. The Bertz CT molecular complexity index is 1150. The zero-order valence-corrected chi connectivity index (χ0v) is 14.7. The predicted octanol–water partition coefficient (Wildman–Crippen LogP) is 2.35. The zero-order valence-electron chi connectivity index (χ0n) is 14.7. The van der Waals surface area contributed by atoms with E-state index in [2.05, 4.69) is 10.3 Å². The van der Waals surface area contributed by atoms with Crippen LogP contribution in [0.3, 0.4) is 0 Å². The van der Waals surface area contributed by atoms with E-state index in [0.717, 1.165) is 19.4 Å². The molecule has 1 atom stereocenters. The topological polar surface area (TPSA) is 82.5 Å². The molecule has 3 heterocycles. The van der Waals surface area contributed by atoms with E-state index in [-0.39, 0.29) is 11.6 Å². The third kappa shape index (κ3) is 2.35. The van der Waals surface area contributed by atoms with Gasteiger partial charge in [-0.2, -0.15) is 4.98 Å². The summed E-state index contributed by atoms with van der Waals surface area (Å²) in [6.45, 7) is 0.866. The van der Waals surface area contributed by atoms with Gasteiger partial charge in [-0.3, -0.25) is 9.36 Å². The lowest BCUT2D eigenvalue weighted by Gasteiger charge is -2.20. The first-order valence-electron chi connectivity index (χ1n) is 8.87. The Morgan fingerprint density at radius 2 is 2.11 bits per heavy atom. The minimum atomic E-state index is -0.471. The number of aromatic nitrogens is 2. The summed E-state index contributed by atoms with van der Waals surface area (Å²) in [5.41, 5.74) is 1.27. The minimum absolute atomic E-state index is 0.0571. The summed E-state index contributed by atoms with van der Waals surface area (Å²) < 4.78 is 12.8. The first kappa shape index (κ1) is 16.0. The Morgan fingerprint density at radius 1 is 1.26 bits per heavy atom. The quantitative estimate of drug-likeness (QED) is 0.556. The second-order valence-corrected chi connectivity index (χ2v) is 6.69. The molecule has 0 saturated carbocycles. The van der Waals surface area contributed by atoms with Crippen LogP contribution in [0.15, 0.2) is 41.2 Å². The maximum absolute atomic E-state index is 12.8. The van der Waals surface area contributed by atoms with Crippen molar-refractivity contribution in [2.75, 3.05) is 13.7 Å². The highest BCUT2D eigenvalue weighted by Crippen LogP contribution is 2.37. The van der Waals surface area contributed by atoms with Crippen molar-refractivity contribution in [1.29, 1.82) is 0 Å². The molecule has 0 radical (unpaired) electrons. The average molecular weight is 363 g/mol. The van der Waals surface area contributed by atoms with Crippen LogP contribution < -0.4 is 20.3 Å². The van der Waals surface area contributed by atoms with Gasteiger partial charge >= 0.3 is 5.97 Å². The Hall–Kier alpha value is -3.19. The van der Waals surface area contributed by atoms with Gasteiger partial charge in [0.05, 0.1) is 29.8 Å². The number of esters is 1. The lowest BCUT2D eigenvalue weighted by molar-refractivity contribution is 0.0739. The van der Waals surface area contributed by atoms with Gasteiger partial charge in [-0.1, -0.05) is 12.1 Å². The molecule has 136 valence electrons. The van der Waals surface area contributed by atoms with Crippen LogP contribution >= 0.6 is 0 Å². The molecule has 5 rings (SSSR count). The lowest BCUT2D eigenvalue weighted by Crippen LogP contribution is -2.25. The number of nitrogens with zero attached hydrogens (tertiary/aromatic N) is 2. The number of fused-ring (bicyclic) bond motifs is 2. The zero-order chi connectivity index (χ0) is 18.5. The molecule has 1 aromatic heterocycles. The number of carbonyl (C=O) groups is 1. The summed E-state index contributed by atoms with van der Waals surface area (Å²) in [7, 11) is 1.50. The van der Waals surface area contributed by atoms with Gasteiger partial charge in [0.15, 0.2) is 5.75 Å². The number of nitrogens with one attached hydrogen (secondary N) is 1. The average Bonchev–Trinajstić information content (AvgIpc) is 3.18. The van der Waals surface area contributed by atoms with E-state index in [1.54, 1.807) is 24.3 Å². The van der Waals surface area contributed by atoms with Crippen LogP contribution in [-0.2, 0) is 0 Å². The van der Waals surface area contributed by atoms with E-state index < -0.39 is 5.97 Å². The van der Waals surface area contributed by atoms with Crippen LogP contribution in [-0.4, -0.2) is 29.2 Å².